The molecular formula is C20H19FN8O3. The summed E-state index contributed by atoms with van der Waals surface area (Å²) >= 11 is 0. The maximum Gasteiger partial charge on any atom is 0.273 e. The Hall–Kier alpha value is -4.22. The highest BCUT2D eigenvalue weighted by Crippen LogP contribution is 2.35. The van der Waals surface area contributed by atoms with Crippen molar-refractivity contribution in [3.05, 3.63) is 42.2 Å². The number of hydrogen-bond donors (Lipinski definition) is 3. The second kappa shape index (κ2) is 8.88. The number of carbonyl (C=O) groups is 2. The van der Waals surface area contributed by atoms with Gasteiger partial charge in [-0.2, -0.15) is 0 Å². The molecule has 4 rings (SSSR count). The molecule has 0 spiro atoms. The van der Waals surface area contributed by atoms with Gasteiger partial charge in [0.2, 0.25) is 5.91 Å². The third-order valence-electron chi connectivity index (χ3n) is 4.66. The molecule has 12 heteroatoms. The zero-order valence-electron chi connectivity index (χ0n) is 17.2. The van der Waals surface area contributed by atoms with Crippen LogP contribution in [0.15, 0.2) is 30.7 Å². The minimum atomic E-state index is -0.570. The van der Waals surface area contributed by atoms with Gasteiger partial charge in [-0.1, -0.05) is 0 Å². The minimum Gasteiger partial charge on any atom is -0.492 e. The Bertz CT molecular complexity index is 1170. The summed E-state index contributed by atoms with van der Waals surface area (Å²) in [6.45, 7) is 0. The number of nitrogens with zero attached hydrogens (tertiary/aromatic N) is 5. The normalized spacial score (nSPS) is 12.7. The van der Waals surface area contributed by atoms with E-state index in [-0.39, 0.29) is 46.4 Å². The molecule has 2 amide bonds. The number of pyridine rings is 1. The van der Waals surface area contributed by atoms with E-state index in [4.69, 9.17) is 4.74 Å². The first-order valence-electron chi connectivity index (χ1n) is 9.68. The van der Waals surface area contributed by atoms with Gasteiger partial charge >= 0.3 is 0 Å². The fourth-order valence-electron chi connectivity index (χ4n) is 2.91. The van der Waals surface area contributed by atoms with E-state index in [2.05, 4.69) is 41.1 Å². The van der Waals surface area contributed by atoms with Crippen molar-refractivity contribution in [3.8, 4) is 17.1 Å². The van der Waals surface area contributed by atoms with Crippen LogP contribution in [0.1, 0.15) is 23.3 Å². The van der Waals surface area contributed by atoms with Gasteiger partial charge in [-0.05, 0) is 18.9 Å². The highest BCUT2D eigenvalue weighted by Gasteiger charge is 2.30. The first kappa shape index (κ1) is 21.0. The van der Waals surface area contributed by atoms with Crippen molar-refractivity contribution in [3.63, 3.8) is 0 Å². The molecule has 0 aromatic carbocycles. The van der Waals surface area contributed by atoms with Gasteiger partial charge in [-0.25, -0.2) is 19.3 Å². The first-order chi connectivity index (χ1) is 15.5. The van der Waals surface area contributed by atoms with E-state index in [1.807, 2.05) is 0 Å². The minimum absolute atomic E-state index is 0.00999. The van der Waals surface area contributed by atoms with Crippen molar-refractivity contribution in [2.24, 2.45) is 5.92 Å². The summed E-state index contributed by atoms with van der Waals surface area (Å²) in [5, 5.41) is 16.1. The molecule has 164 valence electrons. The molecule has 11 nitrogen and oxygen atoms in total. The van der Waals surface area contributed by atoms with Crippen LogP contribution in [0.4, 0.5) is 21.7 Å². The second-order valence-corrected chi connectivity index (χ2v) is 6.92. The van der Waals surface area contributed by atoms with Crippen molar-refractivity contribution < 1.29 is 18.7 Å². The molecule has 1 aliphatic carbocycles. The van der Waals surface area contributed by atoms with E-state index in [0.29, 0.717) is 5.56 Å². The molecule has 0 unspecified atom stereocenters. The molecule has 3 heterocycles. The predicted molar refractivity (Wildman–Crippen MR) is 112 cm³/mol. The van der Waals surface area contributed by atoms with E-state index in [9.17, 15) is 14.0 Å². The lowest BCUT2D eigenvalue weighted by Crippen LogP contribution is -2.22. The van der Waals surface area contributed by atoms with E-state index < -0.39 is 11.7 Å². The summed E-state index contributed by atoms with van der Waals surface area (Å²) in [6.07, 6.45) is 5.23. The topological polar surface area (TPSA) is 144 Å². The van der Waals surface area contributed by atoms with Gasteiger partial charge in [0.15, 0.2) is 34.7 Å². The van der Waals surface area contributed by atoms with Crippen LogP contribution < -0.4 is 20.7 Å². The molecule has 0 atom stereocenters. The van der Waals surface area contributed by atoms with Crippen LogP contribution in [-0.4, -0.2) is 51.1 Å². The summed E-state index contributed by atoms with van der Waals surface area (Å²) in [4.78, 5) is 36.6. The van der Waals surface area contributed by atoms with Crippen molar-refractivity contribution >= 4 is 29.1 Å². The van der Waals surface area contributed by atoms with Crippen LogP contribution in [-0.2, 0) is 4.79 Å². The van der Waals surface area contributed by atoms with Gasteiger partial charge < -0.3 is 20.7 Å². The van der Waals surface area contributed by atoms with E-state index in [0.717, 1.165) is 25.2 Å². The molecule has 3 N–H and O–H groups in total. The number of halogens is 1. The molecule has 0 aliphatic heterocycles. The monoisotopic (exact) mass is 438 g/mol. The molecule has 1 saturated carbocycles. The highest BCUT2D eigenvalue weighted by molar-refractivity contribution is 5.99. The quantitative estimate of drug-likeness (QED) is 0.504. The van der Waals surface area contributed by atoms with Crippen LogP contribution in [0.5, 0.6) is 5.75 Å². The molecule has 0 radical (unpaired) electrons. The van der Waals surface area contributed by atoms with Gasteiger partial charge in [0, 0.05) is 25.2 Å². The van der Waals surface area contributed by atoms with E-state index >= 15 is 0 Å². The summed E-state index contributed by atoms with van der Waals surface area (Å²) in [5.74, 6) is -0.321. The lowest BCUT2D eigenvalue weighted by atomic mass is 10.2. The Balaban J connectivity index is 1.71. The number of rotatable bonds is 7. The van der Waals surface area contributed by atoms with E-state index in [1.165, 1.54) is 26.4 Å². The van der Waals surface area contributed by atoms with Crippen LogP contribution in [0.3, 0.4) is 0 Å². The molecule has 32 heavy (non-hydrogen) atoms. The van der Waals surface area contributed by atoms with E-state index in [1.54, 1.807) is 6.07 Å². The second-order valence-electron chi connectivity index (χ2n) is 6.92. The number of aromatic nitrogens is 5. The van der Waals surface area contributed by atoms with Crippen LogP contribution in [0.2, 0.25) is 0 Å². The van der Waals surface area contributed by atoms with Crippen LogP contribution in [0, 0.1) is 11.7 Å². The van der Waals surface area contributed by atoms with Gasteiger partial charge in [0.05, 0.1) is 30.8 Å². The first-order valence-corrected chi connectivity index (χ1v) is 9.68. The van der Waals surface area contributed by atoms with Crippen LogP contribution in [0.25, 0.3) is 11.4 Å². The summed E-state index contributed by atoms with van der Waals surface area (Å²) < 4.78 is 18.7. The number of carbonyl (C=O) groups excluding carboxylic acids is 2. The average Bonchev–Trinajstić information content (AvgIpc) is 3.65. The number of anilines is 3. The fraction of sp³-hybridized carbons (Fsp3) is 0.250. The van der Waals surface area contributed by atoms with Crippen molar-refractivity contribution in [2.75, 3.05) is 24.8 Å². The maximum absolute atomic E-state index is 13.2. The molecule has 0 bridgehead atoms. The lowest BCUT2D eigenvalue weighted by Gasteiger charge is -2.15. The number of ether oxygens (including phenoxy) is 1. The van der Waals surface area contributed by atoms with Gasteiger partial charge in [0.25, 0.3) is 5.91 Å². The lowest BCUT2D eigenvalue weighted by molar-refractivity contribution is -0.117. The predicted octanol–water partition coefficient (Wildman–Crippen LogP) is 1.93. The summed E-state index contributed by atoms with van der Waals surface area (Å²) in [7, 11) is 2.89. The number of methoxy groups -OCH3 is 1. The molecule has 3 aromatic heterocycles. The molecule has 1 fully saturated rings. The number of amides is 2. The Morgan fingerprint density at radius 3 is 2.56 bits per heavy atom. The Morgan fingerprint density at radius 1 is 1.16 bits per heavy atom. The molecule has 3 aromatic rings. The third-order valence-corrected chi connectivity index (χ3v) is 4.66. The fourth-order valence-corrected chi connectivity index (χ4v) is 2.91. The largest absolute Gasteiger partial charge is 0.492 e. The van der Waals surface area contributed by atoms with Gasteiger partial charge in [0.1, 0.15) is 0 Å². The zero-order chi connectivity index (χ0) is 22.7. The Labute approximate surface area is 181 Å². The van der Waals surface area contributed by atoms with Gasteiger partial charge in [-0.3, -0.25) is 9.59 Å². The van der Waals surface area contributed by atoms with Crippen LogP contribution >= 0.6 is 0 Å². The Kier molecular flexibility index (Phi) is 5.83. The Morgan fingerprint density at radius 2 is 1.91 bits per heavy atom. The zero-order valence-corrected chi connectivity index (χ0v) is 17.2. The maximum atomic E-state index is 13.2. The highest BCUT2D eigenvalue weighted by atomic mass is 19.1. The molecule has 1 aliphatic rings. The SMILES string of the molecule is CNC(=O)c1nnc(NC(=O)C2CC2)cc1Nc1nccc(-c2ncc(F)cn2)c1OC. The average molecular weight is 438 g/mol. The number of nitrogens with one attached hydrogen (secondary N) is 3. The smallest absolute Gasteiger partial charge is 0.273 e. The molecular weight excluding hydrogens is 419 g/mol. The van der Waals surface area contributed by atoms with Gasteiger partial charge in [-0.15, -0.1) is 10.2 Å². The molecule has 0 saturated heterocycles. The third kappa shape index (κ3) is 4.43. The standard InChI is InChI=1S/C20H19FN8O3/c1-22-20(31)15-13(7-14(28-29-15)27-19(30)10-3-4-10)26-18-16(32-2)12(5-6-23-18)17-24-8-11(21)9-25-17/h5-10H,3-4H2,1-2H3,(H,22,31)(H2,23,26,27,28,30). The van der Waals surface area contributed by atoms with Crippen molar-refractivity contribution in [2.45, 2.75) is 12.8 Å². The summed E-state index contributed by atoms with van der Waals surface area (Å²) in [5.41, 5.74) is 0.688. The summed E-state index contributed by atoms with van der Waals surface area (Å²) in [6, 6.07) is 3.10. The number of hydrogen-bond acceptors (Lipinski definition) is 9. The van der Waals surface area contributed by atoms with Crippen molar-refractivity contribution in [1.82, 2.24) is 30.5 Å². The van der Waals surface area contributed by atoms with Crippen molar-refractivity contribution in [1.29, 1.82) is 0 Å².